The first-order valence-electron chi connectivity index (χ1n) is 4.81. The van der Waals surface area contributed by atoms with Crippen LogP contribution in [0.2, 0.25) is 0 Å². The third-order valence-corrected chi connectivity index (χ3v) is 5.10. The van der Waals surface area contributed by atoms with E-state index in [1.54, 1.807) is 0 Å². The molecule has 5 heteroatoms. The Morgan fingerprint density at radius 1 is 1.60 bits per heavy atom. The summed E-state index contributed by atoms with van der Waals surface area (Å²) in [6, 6.07) is 3.81. The predicted molar refractivity (Wildman–Crippen MR) is 69.8 cm³/mol. The van der Waals surface area contributed by atoms with Crippen LogP contribution < -0.4 is 0 Å². The van der Waals surface area contributed by atoms with Crippen molar-refractivity contribution >= 4 is 49.1 Å². The fraction of sp³-hybridized carbons (Fsp3) is 0.500. The van der Waals surface area contributed by atoms with Crippen LogP contribution >= 0.6 is 43.2 Å². The molecule has 1 aliphatic rings. The average Bonchev–Trinajstić information content (AvgIpc) is 2.84. The number of carbonyl (C=O) groups excluding carboxylic acids is 1. The molecule has 0 saturated carbocycles. The van der Waals surface area contributed by atoms with Gasteiger partial charge in [-0.2, -0.15) is 0 Å². The molecular weight excluding hydrogens is 342 g/mol. The maximum Gasteiger partial charge on any atom is 0.263 e. The molecule has 0 spiro atoms. The van der Waals surface area contributed by atoms with Gasteiger partial charge < -0.3 is 4.90 Å². The first kappa shape index (κ1) is 11.6. The molecule has 2 heterocycles. The number of alkyl halides is 1. The second-order valence-electron chi connectivity index (χ2n) is 3.66. The Bertz CT molecular complexity index is 366. The number of nitrogens with zero attached hydrogens (tertiary/aromatic N) is 1. The van der Waals surface area contributed by atoms with E-state index >= 15 is 0 Å². The van der Waals surface area contributed by atoms with Gasteiger partial charge >= 0.3 is 0 Å². The minimum atomic E-state index is 0.175. The van der Waals surface area contributed by atoms with E-state index in [2.05, 4.69) is 31.9 Å². The molecule has 1 unspecified atom stereocenters. The maximum atomic E-state index is 12.0. The van der Waals surface area contributed by atoms with E-state index in [1.807, 2.05) is 17.0 Å². The van der Waals surface area contributed by atoms with Crippen LogP contribution in [0, 0.1) is 5.92 Å². The van der Waals surface area contributed by atoms with Crippen molar-refractivity contribution in [3.05, 3.63) is 20.8 Å². The van der Waals surface area contributed by atoms with Gasteiger partial charge in [0.15, 0.2) is 0 Å². The lowest BCUT2D eigenvalue weighted by molar-refractivity contribution is 0.0793. The van der Waals surface area contributed by atoms with Gasteiger partial charge in [0, 0.05) is 18.4 Å². The number of hydrogen-bond donors (Lipinski definition) is 0. The molecule has 15 heavy (non-hydrogen) atoms. The van der Waals surface area contributed by atoms with Crippen molar-refractivity contribution in [3.63, 3.8) is 0 Å². The van der Waals surface area contributed by atoms with Gasteiger partial charge in [0.05, 0.1) is 8.66 Å². The Kier molecular flexibility index (Phi) is 3.85. The van der Waals surface area contributed by atoms with Crippen molar-refractivity contribution < 1.29 is 4.79 Å². The largest absolute Gasteiger partial charge is 0.338 e. The molecule has 1 aromatic rings. The van der Waals surface area contributed by atoms with Gasteiger partial charge in [-0.25, -0.2) is 0 Å². The van der Waals surface area contributed by atoms with Crippen LogP contribution in [0.25, 0.3) is 0 Å². The summed E-state index contributed by atoms with van der Waals surface area (Å²) < 4.78 is 1.02. The molecule has 1 saturated heterocycles. The zero-order chi connectivity index (χ0) is 10.8. The van der Waals surface area contributed by atoms with E-state index in [9.17, 15) is 4.79 Å². The number of amides is 1. The molecule has 82 valence electrons. The Labute approximate surface area is 110 Å². The molecule has 0 radical (unpaired) electrons. The van der Waals surface area contributed by atoms with Gasteiger partial charge in [-0.1, -0.05) is 15.9 Å². The maximum absolute atomic E-state index is 12.0. The smallest absolute Gasteiger partial charge is 0.263 e. The number of likely N-dealkylation sites (tertiary alicyclic amines) is 1. The highest BCUT2D eigenvalue weighted by Crippen LogP contribution is 2.26. The van der Waals surface area contributed by atoms with Crippen molar-refractivity contribution in [1.82, 2.24) is 4.90 Å². The molecule has 2 nitrogen and oxygen atoms in total. The average molecular weight is 353 g/mol. The van der Waals surface area contributed by atoms with E-state index in [0.29, 0.717) is 5.92 Å². The van der Waals surface area contributed by atoms with E-state index in [4.69, 9.17) is 0 Å². The number of thiophene rings is 1. The summed E-state index contributed by atoms with van der Waals surface area (Å²) in [6.07, 6.45) is 1.11. The zero-order valence-electron chi connectivity index (χ0n) is 8.08. The van der Waals surface area contributed by atoms with E-state index in [1.165, 1.54) is 11.3 Å². The highest BCUT2D eigenvalue weighted by Gasteiger charge is 2.26. The van der Waals surface area contributed by atoms with Gasteiger partial charge in [0.1, 0.15) is 0 Å². The standard InChI is InChI=1S/C10H11Br2NOS/c11-5-7-3-4-13(6-7)10(14)8-1-2-9(12)15-8/h1-2,7H,3-6H2. The van der Waals surface area contributed by atoms with Gasteiger partial charge in [-0.05, 0) is 40.4 Å². The molecule has 1 fully saturated rings. The van der Waals surface area contributed by atoms with Crippen molar-refractivity contribution in [3.8, 4) is 0 Å². The number of hydrogen-bond acceptors (Lipinski definition) is 2. The van der Waals surface area contributed by atoms with E-state index in [0.717, 1.165) is 33.5 Å². The van der Waals surface area contributed by atoms with Gasteiger partial charge in [-0.15, -0.1) is 11.3 Å². The number of halogens is 2. The lowest BCUT2D eigenvalue weighted by atomic mass is 10.2. The summed E-state index contributed by atoms with van der Waals surface area (Å²) in [5.74, 6) is 0.798. The molecule has 1 atom stereocenters. The topological polar surface area (TPSA) is 20.3 Å². The second-order valence-corrected chi connectivity index (χ2v) is 6.77. The summed E-state index contributed by atoms with van der Waals surface area (Å²) in [7, 11) is 0. The fourth-order valence-electron chi connectivity index (χ4n) is 1.73. The molecule has 1 aliphatic heterocycles. The zero-order valence-corrected chi connectivity index (χ0v) is 12.1. The highest BCUT2D eigenvalue weighted by molar-refractivity contribution is 9.11. The molecule has 0 aromatic carbocycles. The van der Waals surface area contributed by atoms with Crippen molar-refractivity contribution in [2.45, 2.75) is 6.42 Å². The lowest BCUT2D eigenvalue weighted by Crippen LogP contribution is -2.28. The first-order valence-corrected chi connectivity index (χ1v) is 7.54. The number of carbonyl (C=O) groups is 1. The molecule has 0 bridgehead atoms. The van der Waals surface area contributed by atoms with E-state index in [-0.39, 0.29) is 5.91 Å². The van der Waals surface area contributed by atoms with E-state index < -0.39 is 0 Å². The fourth-order valence-corrected chi connectivity index (χ4v) is 3.61. The van der Waals surface area contributed by atoms with Gasteiger partial charge in [0.25, 0.3) is 5.91 Å². The second kappa shape index (κ2) is 4.97. The van der Waals surface area contributed by atoms with Crippen molar-refractivity contribution in [1.29, 1.82) is 0 Å². The monoisotopic (exact) mass is 351 g/mol. The predicted octanol–water partition coefficient (Wildman–Crippen LogP) is 3.37. The van der Waals surface area contributed by atoms with Gasteiger partial charge in [-0.3, -0.25) is 4.79 Å². The first-order chi connectivity index (χ1) is 7.20. The molecule has 0 N–H and O–H groups in total. The normalized spacial score (nSPS) is 20.9. The number of rotatable bonds is 2. The van der Waals surface area contributed by atoms with Crippen molar-refractivity contribution in [2.24, 2.45) is 5.92 Å². The van der Waals surface area contributed by atoms with Gasteiger partial charge in [0.2, 0.25) is 0 Å². The van der Waals surface area contributed by atoms with Crippen LogP contribution in [0.3, 0.4) is 0 Å². The minimum absolute atomic E-state index is 0.175. The Balaban J connectivity index is 2.03. The summed E-state index contributed by atoms with van der Waals surface area (Å²) in [5, 5.41) is 0.991. The third kappa shape index (κ3) is 2.63. The molecule has 2 rings (SSSR count). The Morgan fingerprint density at radius 3 is 2.93 bits per heavy atom. The van der Waals surface area contributed by atoms with Crippen molar-refractivity contribution in [2.75, 3.05) is 18.4 Å². The Morgan fingerprint density at radius 2 is 2.40 bits per heavy atom. The Hall–Kier alpha value is 0.130. The summed E-state index contributed by atoms with van der Waals surface area (Å²) in [5.41, 5.74) is 0. The highest BCUT2D eigenvalue weighted by atomic mass is 79.9. The summed E-state index contributed by atoms with van der Waals surface area (Å²) in [4.78, 5) is 14.8. The van der Waals surface area contributed by atoms with Crippen LogP contribution in [0.5, 0.6) is 0 Å². The quantitative estimate of drug-likeness (QED) is 0.747. The molecular formula is C10H11Br2NOS. The van der Waals surface area contributed by atoms with Crippen LogP contribution in [-0.4, -0.2) is 29.2 Å². The van der Waals surface area contributed by atoms with Crippen LogP contribution in [0.1, 0.15) is 16.1 Å². The molecule has 1 amide bonds. The van der Waals surface area contributed by atoms with Crippen LogP contribution in [0.15, 0.2) is 15.9 Å². The van der Waals surface area contributed by atoms with Crippen LogP contribution in [0.4, 0.5) is 0 Å². The SMILES string of the molecule is O=C(c1ccc(Br)s1)N1CCC(CBr)C1. The summed E-state index contributed by atoms with van der Waals surface area (Å²) in [6.45, 7) is 1.78. The summed E-state index contributed by atoms with van der Waals surface area (Å²) >= 11 is 8.35. The molecule has 1 aromatic heterocycles. The van der Waals surface area contributed by atoms with Crippen LogP contribution in [-0.2, 0) is 0 Å². The molecule has 0 aliphatic carbocycles. The minimum Gasteiger partial charge on any atom is -0.338 e. The lowest BCUT2D eigenvalue weighted by Gasteiger charge is -2.14. The third-order valence-electron chi connectivity index (χ3n) is 2.58.